The van der Waals surface area contributed by atoms with Gasteiger partial charge in [-0.25, -0.2) is 9.59 Å². The minimum absolute atomic E-state index is 0.00337. The van der Waals surface area contributed by atoms with Gasteiger partial charge in [-0.1, -0.05) is 48.0 Å². The lowest BCUT2D eigenvalue weighted by Gasteiger charge is -2.61. The molecule has 3 aliphatic carbocycles. The SMILES string of the molecule is CO[C@H]1C[C@H]2C=C[C@H]3[C@H]4C([C@H]3[C@]2(O)/C(C)=C/[C@@H](C)[C@@H]([C@@H](C)OC(=O)CBr)OC1=O)[C@H](O)[C@@H](C)[C@H]4OC(=O)c1ccc[nH]1. The lowest BCUT2D eigenvalue weighted by Crippen LogP contribution is -2.65. The number of carbonyl (C=O) groups is 3. The van der Waals surface area contributed by atoms with Crippen LogP contribution in [0.3, 0.4) is 0 Å². The number of alkyl halides is 1. The van der Waals surface area contributed by atoms with Crippen LogP contribution in [-0.2, 0) is 28.5 Å². The fourth-order valence-corrected chi connectivity index (χ4v) is 8.18. The fourth-order valence-electron chi connectivity index (χ4n) is 8.04. The zero-order chi connectivity index (χ0) is 30.5. The smallest absolute Gasteiger partial charge is 0.355 e. The molecule has 11 heteroatoms. The van der Waals surface area contributed by atoms with Crippen molar-refractivity contribution in [1.29, 1.82) is 0 Å². The number of hydrogen-bond donors (Lipinski definition) is 3. The molecule has 0 spiro atoms. The first-order chi connectivity index (χ1) is 19.9. The Morgan fingerprint density at radius 2 is 2.00 bits per heavy atom. The van der Waals surface area contributed by atoms with Crippen molar-refractivity contribution in [3.63, 3.8) is 0 Å². The zero-order valence-electron chi connectivity index (χ0n) is 24.4. The molecule has 0 aromatic carbocycles. The van der Waals surface area contributed by atoms with Crippen LogP contribution in [0, 0.1) is 41.4 Å². The van der Waals surface area contributed by atoms with E-state index in [0.29, 0.717) is 11.3 Å². The highest BCUT2D eigenvalue weighted by atomic mass is 79.9. The highest BCUT2D eigenvalue weighted by Gasteiger charge is 2.71. The van der Waals surface area contributed by atoms with Crippen LogP contribution in [0.1, 0.15) is 44.6 Å². The number of rotatable bonds is 6. The van der Waals surface area contributed by atoms with E-state index >= 15 is 0 Å². The highest BCUT2D eigenvalue weighted by Crippen LogP contribution is 2.66. The number of nitrogens with one attached hydrogen (secondary N) is 1. The van der Waals surface area contributed by atoms with Gasteiger partial charge < -0.3 is 34.1 Å². The predicted molar refractivity (Wildman–Crippen MR) is 154 cm³/mol. The van der Waals surface area contributed by atoms with Crippen LogP contribution in [0.4, 0.5) is 0 Å². The number of aromatic nitrogens is 1. The van der Waals surface area contributed by atoms with Crippen LogP contribution in [0.15, 0.2) is 42.1 Å². The van der Waals surface area contributed by atoms with Gasteiger partial charge in [0.05, 0.1) is 11.7 Å². The third-order valence-electron chi connectivity index (χ3n) is 10.1. The number of allylic oxidation sites excluding steroid dienone is 1. The summed E-state index contributed by atoms with van der Waals surface area (Å²) in [6.45, 7) is 7.26. The summed E-state index contributed by atoms with van der Waals surface area (Å²) in [5, 5.41) is 24.2. The molecule has 0 amide bonds. The van der Waals surface area contributed by atoms with E-state index in [-0.39, 0.29) is 41.3 Å². The third kappa shape index (κ3) is 5.06. The molecule has 13 atom stereocenters. The van der Waals surface area contributed by atoms with E-state index in [4.69, 9.17) is 18.9 Å². The Hall–Kier alpha value is -2.47. The minimum atomic E-state index is -1.41. The molecule has 230 valence electrons. The van der Waals surface area contributed by atoms with Gasteiger partial charge in [0.2, 0.25) is 0 Å². The number of H-pyrrole nitrogens is 1. The summed E-state index contributed by atoms with van der Waals surface area (Å²) < 4.78 is 22.9. The van der Waals surface area contributed by atoms with Crippen LogP contribution in [-0.4, -0.2) is 81.7 Å². The van der Waals surface area contributed by atoms with Crippen LogP contribution in [0.25, 0.3) is 0 Å². The summed E-state index contributed by atoms with van der Waals surface area (Å²) in [6.07, 6.45) is 3.80. The largest absolute Gasteiger partial charge is 0.458 e. The van der Waals surface area contributed by atoms with Gasteiger partial charge in [0.25, 0.3) is 0 Å². The van der Waals surface area contributed by atoms with E-state index in [9.17, 15) is 24.6 Å². The molecule has 0 bridgehead atoms. The van der Waals surface area contributed by atoms with Crippen LogP contribution in [0.5, 0.6) is 0 Å². The van der Waals surface area contributed by atoms with Gasteiger partial charge in [-0.15, -0.1) is 0 Å². The molecule has 1 aromatic rings. The first-order valence-electron chi connectivity index (χ1n) is 14.5. The van der Waals surface area contributed by atoms with Crippen molar-refractivity contribution < 1.29 is 43.5 Å². The number of halogens is 1. The molecule has 2 heterocycles. The van der Waals surface area contributed by atoms with E-state index in [0.717, 1.165) is 0 Å². The van der Waals surface area contributed by atoms with Gasteiger partial charge in [-0.3, -0.25) is 4.79 Å². The summed E-state index contributed by atoms with van der Waals surface area (Å²) in [5.41, 5.74) is -0.388. The topological polar surface area (TPSA) is 144 Å². The number of aliphatic hydroxyl groups excluding tert-OH is 1. The average Bonchev–Trinajstić information content (AvgIpc) is 3.55. The summed E-state index contributed by atoms with van der Waals surface area (Å²) in [4.78, 5) is 41.0. The second-order valence-electron chi connectivity index (χ2n) is 12.3. The van der Waals surface area contributed by atoms with Gasteiger partial charge in [-0.2, -0.15) is 0 Å². The molecule has 4 aliphatic rings. The number of aliphatic hydroxyl groups is 2. The number of aromatic amines is 1. The number of cyclic esters (lactones) is 1. The Bertz CT molecular complexity index is 1250. The Labute approximate surface area is 253 Å². The van der Waals surface area contributed by atoms with Crippen LogP contribution in [0.2, 0.25) is 0 Å². The van der Waals surface area contributed by atoms with E-state index in [1.807, 2.05) is 39.0 Å². The predicted octanol–water partition coefficient (Wildman–Crippen LogP) is 3.19. The van der Waals surface area contributed by atoms with Gasteiger partial charge in [0.15, 0.2) is 6.10 Å². The average molecular weight is 651 g/mol. The first kappa shape index (κ1) is 31.0. The van der Waals surface area contributed by atoms with Crippen molar-refractivity contribution in [3.8, 4) is 0 Å². The third-order valence-corrected chi connectivity index (χ3v) is 10.5. The molecule has 1 unspecified atom stereocenters. The number of fused-ring (bicyclic) bond motifs is 6. The number of carbonyl (C=O) groups excluding carboxylic acids is 3. The maximum absolute atomic E-state index is 13.3. The van der Waals surface area contributed by atoms with E-state index in [1.165, 1.54) is 7.11 Å². The number of hydrogen-bond acceptors (Lipinski definition) is 9. The molecule has 0 saturated heterocycles. The second kappa shape index (κ2) is 11.9. The molecular weight excluding hydrogens is 610 g/mol. The maximum Gasteiger partial charge on any atom is 0.355 e. The van der Waals surface area contributed by atoms with Crippen molar-refractivity contribution in [3.05, 3.63) is 47.8 Å². The monoisotopic (exact) mass is 649 g/mol. The lowest BCUT2D eigenvalue weighted by atomic mass is 9.46. The number of methoxy groups -OCH3 is 1. The van der Waals surface area contributed by atoms with Gasteiger partial charge in [0, 0.05) is 42.9 Å². The minimum Gasteiger partial charge on any atom is -0.458 e. The van der Waals surface area contributed by atoms with Crippen molar-refractivity contribution in [1.82, 2.24) is 4.98 Å². The Morgan fingerprint density at radius 3 is 2.64 bits per heavy atom. The standard InChI is InChI=1S/C31H40BrNO9/c1-14-11-15(2)31(38)18(12-21(39-5)30(37)41-27(14)17(4)40-22(34)13-32)8-9-19-23-24(25(19)31)26(35)16(3)28(23)42-29(36)20-7-6-10-33-20/h6-11,14,16-19,21,23-28,33,35,38H,12-13H2,1-5H3/b15-11+/t14-,16-,17-,18-,19+,21+,23+,24?,25+,26-,27+,28-,31+/m1/s1. The summed E-state index contributed by atoms with van der Waals surface area (Å²) in [6, 6.07) is 3.37. The molecule has 0 radical (unpaired) electrons. The van der Waals surface area contributed by atoms with Crippen LogP contribution < -0.4 is 0 Å². The molecule has 1 aromatic heterocycles. The lowest BCUT2D eigenvalue weighted by molar-refractivity contribution is -0.188. The van der Waals surface area contributed by atoms with E-state index in [2.05, 4.69) is 20.9 Å². The van der Waals surface area contributed by atoms with Crippen LogP contribution >= 0.6 is 15.9 Å². The van der Waals surface area contributed by atoms with Crippen molar-refractivity contribution >= 4 is 33.8 Å². The molecule has 42 heavy (non-hydrogen) atoms. The molecule has 10 nitrogen and oxygen atoms in total. The first-order valence-corrected chi connectivity index (χ1v) is 15.7. The summed E-state index contributed by atoms with van der Waals surface area (Å²) in [5.74, 6) is -3.83. The fraction of sp³-hybridized carbons (Fsp3) is 0.645. The molecule has 2 saturated carbocycles. The maximum atomic E-state index is 13.3. The Balaban J connectivity index is 1.50. The number of ether oxygens (including phenoxy) is 4. The Morgan fingerprint density at radius 1 is 1.26 bits per heavy atom. The molecule has 3 N–H and O–H groups in total. The quantitative estimate of drug-likeness (QED) is 0.183. The van der Waals surface area contributed by atoms with Crippen molar-refractivity contribution in [2.45, 2.75) is 70.2 Å². The number of esters is 3. The normalized spacial score (nSPS) is 42.9. The summed E-state index contributed by atoms with van der Waals surface area (Å²) >= 11 is 3.09. The van der Waals surface area contributed by atoms with Crippen molar-refractivity contribution in [2.75, 3.05) is 12.4 Å². The van der Waals surface area contributed by atoms with Gasteiger partial charge >= 0.3 is 17.9 Å². The van der Waals surface area contributed by atoms with E-state index < -0.39 is 65.9 Å². The molecular formula is C31H40BrNO9. The zero-order valence-corrected chi connectivity index (χ0v) is 26.0. The van der Waals surface area contributed by atoms with Gasteiger partial charge in [-0.05, 0) is 49.8 Å². The second-order valence-corrected chi connectivity index (χ2v) is 12.8. The Kier molecular flexibility index (Phi) is 8.78. The highest BCUT2D eigenvalue weighted by molar-refractivity contribution is 9.09. The van der Waals surface area contributed by atoms with Gasteiger partial charge in [0.1, 0.15) is 29.3 Å². The summed E-state index contributed by atoms with van der Waals surface area (Å²) in [7, 11) is 1.42. The molecule has 1 aliphatic heterocycles. The van der Waals surface area contributed by atoms with Crippen molar-refractivity contribution in [2.24, 2.45) is 41.4 Å². The molecule has 5 rings (SSSR count). The molecule has 2 fully saturated rings. The van der Waals surface area contributed by atoms with E-state index in [1.54, 1.807) is 25.3 Å².